The van der Waals surface area contributed by atoms with Gasteiger partial charge >= 0.3 is 0 Å². The zero-order valence-corrected chi connectivity index (χ0v) is 20.4. The Hall–Kier alpha value is -3.44. The van der Waals surface area contributed by atoms with Crippen LogP contribution in [0.15, 0.2) is 36.8 Å². The lowest BCUT2D eigenvalue weighted by atomic mass is 10.1. The topological polar surface area (TPSA) is 119 Å². The van der Waals surface area contributed by atoms with Crippen molar-refractivity contribution in [2.45, 2.75) is 26.1 Å². The normalized spacial score (nSPS) is 19.6. The van der Waals surface area contributed by atoms with Crippen molar-refractivity contribution >= 4 is 49.6 Å². The molecule has 4 rings (SSSR count). The summed E-state index contributed by atoms with van der Waals surface area (Å²) in [6.45, 7) is 4.35. The van der Waals surface area contributed by atoms with Crippen LogP contribution in [-0.4, -0.2) is 74.5 Å². The number of rotatable bonds is 7. The largest absolute Gasteiger partial charge is 0.468 e. The van der Waals surface area contributed by atoms with Crippen LogP contribution in [0.3, 0.4) is 0 Å². The summed E-state index contributed by atoms with van der Waals surface area (Å²) in [5, 5.41) is 4.13. The van der Waals surface area contributed by atoms with Gasteiger partial charge in [-0.3, -0.25) is 4.79 Å². The molecular formula is C23H28N6O4S. The Balaban J connectivity index is 1.64. The molecule has 10 nitrogen and oxygen atoms in total. The van der Waals surface area contributed by atoms with Crippen molar-refractivity contribution in [2.75, 3.05) is 36.5 Å². The van der Waals surface area contributed by atoms with Crippen LogP contribution in [0.4, 0.5) is 17.2 Å². The number of carbonyl (C=O) groups is 1. The number of hydrogen-bond donors (Lipinski definition) is 2. The van der Waals surface area contributed by atoms with Crippen molar-refractivity contribution in [1.82, 2.24) is 19.9 Å². The highest BCUT2D eigenvalue weighted by Crippen LogP contribution is 2.32. The van der Waals surface area contributed by atoms with E-state index in [2.05, 4.69) is 30.9 Å². The first kappa shape index (κ1) is 23.7. The molecule has 3 unspecified atom stereocenters. The molecule has 1 aromatic carbocycles. The monoisotopic (exact) mass is 484 g/mol. The zero-order chi connectivity index (χ0) is 24.5. The van der Waals surface area contributed by atoms with Gasteiger partial charge in [0.25, 0.3) is 0 Å². The Labute approximate surface area is 198 Å². The summed E-state index contributed by atoms with van der Waals surface area (Å²) in [6.07, 6.45) is 4.03. The molecule has 0 radical (unpaired) electrons. The van der Waals surface area contributed by atoms with Crippen LogP contribution in [0.5, 0.6) is 5.88 Å². The molecule has 2 N–H and O–H groups in total. The van der Waals surface area contributed by atoms with Gasteiger partial charge in [0.05, 0.1) is 18.6 Å². The van der Waals surface area contributed by atoms with E-state index in [0.29, 0.717) is 41.7 Å². The molecule has 1 fully saturated rings. The average molecular weight is 485 g/mol. The van der Waals surface area contributed by atoms with Crippen LogP contribution in [0, 0.1) is 6.92 Å². The van der Waals surface area contributed by atoms with Gasteiger partial charge in [-0.1, -0.05) is 0 Å². The summed E-state index contributed by atoms with van der Waals surface area (Å²) < 4.78 is 26.7. The summed E-state index contributed by atoms with van der Waals surface area (Å²) in [7, 11) is -0.819. The molecule has 180 valence electrons. The van der Waals surface area contributed by atoms with E-state index < -0.39 is 9.71 Å². The number of nitrogens with zero attached hydrogens (tertiary/aromatic N) is 4. The number of aromatic nitrogens is 3. The number of benzene rings is 1. The number of fused-ring (bicyclic) bond motifs is 1. The molecule has 0 bridgehead atoms. The standard InChI is InChI=1S/C23H28N6O4S/c1-14-9-16(28-34(4,5)31)10-18-21(14)22(26-13-25-18)27-17-7-6-8-24-23(17)33-20-12-29(15(2)30)11-19(20)32-3/h6-10,13,19-20H,4,11-12H2,1-3,5H3,(H,28,31)(H,25,26,27). The number of pyridine rings is 1. The number of hydrogen-bond acceptors (Lipinski definition) is 8. The second kappa shape index (κ2) is 9.43. The summed E-state index contributed by atoms with van der Waals surface area (Å²) in [6, 6.07) is 7.33. The predicted octanol–water partition coefficient (Wildman–Crippen LogP) is 2.37. The summed E-state index contributed by atoms with van der Waals surface area (Å²) in [5.74, 6) is 4.58. The second-order valence-electron chi connectivity index (χ2n) is 8.35. The molecular weight excluding hydrogens is 456 g/mol. The molecule has 3 atom stereocenters. The van der Waals surface area contributed by atoms with Gasteiger partial charge in [0.1, 0.15) is 30.0 Å². The zero-order valence-electron chi connectivity index (χ0n) is 19.6. The average Bonchev–Trinajstić information content (AvgIpc) is 3.17. The van der Waals surface area contributed by atoms with Gasteiger partial charge in [-0.05, 0) is 42.6 Å². The maximum atomic E-state index is 12.1. The molecule has 34 heavy (non-hydrogen) atoms. The van der Waals surface area contributed by atoms with Gasteiger partial charge in [-0.15, -0.1) is 0 Å². The fourth-order valence-electron chi connectivity index (χ4n) is 3.99. The molecule has 3 heterocycles. The number of aryl methyl sites for hydroxylation is 1. The second-order valence-corrected chi connectivity index (χ2v) is 10.6. The molecule has 11 heteroatoms. The summed E-state index contributed by atoms with van der Waals surface area (Å²) in [5.41, 5.74) is 2.87. The van der Waals surface area contributed by atoms with Crippen LogP contribution in [-0.2, 0) is 19.2 Å². The van der Waals surface area contributed by atoms with E-state index >= 15 is 0 Å². The third-order valence-corrected chi connectivity index (χ3v) is 6.19. The first-order valence-corrected chi connectivity index (χ1v) is 12.8. The fourth-order valence-corrected chi connectivity index (χ4v) is 4.60. The van der Waals surface area contributed by atoms with Gasteiger partial charge in [0.2, 0.25) is 11.8 Å². The van der Waals surface area contributed by atoms with E-state index in [1.165, 1.54) is 19.5 Å². The molecule has 0 saturated carbocycles. The minimum atomic E-state index is -2.42. The summed E-state index contributed by atoms with van der Waals surface area (Å²) >= 11 is 0. The number of nitrogens with one attached hydrogen (secondary N) is 2. The van der Waals surface area contributed by atoms with Gasteiger partial charge in [0, 0.05) is 47.3 Å². The van der Waals surface area contributed by atoms with E-state index in [9.17, 15) is 9.00 Å². The lowest BCUT2D eigenvalue weighted by Crippen LogP contribution is -2.32. The van der Waals surface area contributed by atoms with E-state index in [1.807, 2.05) is 25.1 Å². The predicted molar refractivity (Wildman–Crippen MR) is 134 cm³/mol. The third-order valence-electron chi connectivity index (χ3n) is 5.52. The minimum Gasteiger partial charge on any atom is -0.468 e. The Morgan fingerprint density at radius 1 is 1.24 bits per heavy atom. The maximum absolute atomic E-state index is 12.1. The van der Waals surface area contributed by atoms with Gasteiger partial charge in [-0.25, -0.2) is 19.2 Å². The number of carbonyl (C=O) groups excluding carboxylic acids is 1. The van der Waals surface area contributed by atoms with E-state index in [4.69, 9.17) is 9.47 Å². The van der Waals surface area contributed by atoms with Crippen molar-refractivity contribution in [2.24, 2.45) is 0 Å². The van der Waals surface area contributed by atoms with E-state index in [0.717, 1.165) is 10.9 Å². The molecule has 2 aromatic heterocycles. The van der Waals surface area contributed by atoms with Gasteiger partial charge in [-0.2, -0.15) is 0 Å². The highest BCUT2D eigenvalue weighted by atomic mass is 32.2. The Kier molecular flexibility index (Phi) is 6.58. The Morgan fingerprint density at radius 3 is 2.71 bits per heavy atom. The third kappa shape index (κ3) is 5.20. The first-order chi connectivity index (χ1) is 16.1. The van der Waals surface area contributed by atoms with Crippen LogP contribution < -0.4 is 14.8 Å². The van der Waals surface area contributed by atoms with Crippen LogP contribution in [0.1, 0.15) is 12.5 Å². The quantitative estimate of drug-likeness (QED) is 0.491. The molecule has 0 spiro atoms. The molecule has 0 aliphatic carbocycles. The van der Waals surface area contributed by atoms with E-state index in [1.54, 1.807) is 24.3 Å². The Morgan fingerprint density at radius 2 is 2.00 bits per heavy atom. The highest BCUT2D eigenvalue weighted by molar-refractivity contribution is 8.00. The molecule has 1 aliphatic rings. The Bertz CT molecular complexity index is 1330. The van der Waals surface area contributed by atoms with Crippen molar-refractivity contribution < 1.29 is 18.5 Å². The van der Waals surface area contributed by atoms with Crippen molar-refractivity contribution in [3.8, 4) is 5.88 Å². The van der Waals surface area contributed by atoms with Crippen molar-refractivity contribution in [3.63, 3.8) is 0 Å². The van der Waals surface area contributed by atoms with Crippen molar-refractivity contribution in [3.05, 3.63) is 42.4 Å². The SMILES string of the molecule is C=S(C)(=O)Nc1cc(C)c2c(Nc3cccnc3OC3CN(C(C)=O)CC3OC)ncnc2c1. The highest BCUT2D eigenvalue weighted by Gasteiger charge is 2.36. The fraction of sp³-hybridized carbons (Fsp3) is 0.348. The minimum absolute atomic E-state index is 0.0259. The van der Waals surface area contributed by atoms with Gasteiger partial charge in [0.15, 0.2) is 0 Å². The number of methoxy groups -OCH3 is 1. The molecule has 1 amide bonds. The van der Waals surface area contributed by atoms with Crippen LogP contribution >= 0.6 is 0 Å². The summed E-state index contributed by atoms with van der Waals surface area (Å²) in [4.78, 5) is 26.7. The van der Waals surface area contributed by atoms with Crippen LogP contribution in [0.25, 0.3) is 10.9 Å². The number of likely N-dealkylation sites (tertiary alicyclic amines) is 1. The molecule has 1 saturated heterocycles. The number of ether oxygens (including phenoxy) is 2. The van der Waals surface area contributed by atoms with Crippen molar-refractivity contribution in [1.29, 1.82) is 0 Å². The first-order valence-electron chi connectivity index (χ1n) is 10.7. The number of amides is 1. The molecule has 3 aromatic rings. The van der Waals surface area contributed by atoms with Gasteiger partial charge < -0.3 is 24.4 Å². The molecule has 1 aliphatic heterocycles. The number of anilines is 3. The maximum Gasteiger partial charge on any atom is 0.238 e. The lowest BCUT2D eigenvalue weighted by Gasteiger charge is -2.20. The van der Waals surface area contributed by atoms with E-state index in [-0.39, 0.29) is 18.1 Å². The van der Waals surface area contributed by atoms with Crippen LogP contribution in [0.2, 0.25) is 0 Å². The lowest BCUT2D eigenvalue weighted by molar-refractivity contribution is -0.128. The smallest absolute Gasteiger partial charge is 0.238 e.